The number of halogens is 1. The minimum absolute atomic E-state index is 0.0850. The van der Waals surface area contributed by atoms with E-state index in [2.05, 4.69) is 5.32 Å². The molecule has 2 aromatic carbocycles. The number of anilines is 1. The average Bonchev–Trinajstić information content (AvgIpc) is 2.62. The van der Waals surface area contributed by atoms with Crippen LogP contribution in [0.2, 0.25) is 5.02 Å². The average molecular weight is 423 g/mol. The van der Waals surface area contributed by atoms with E-state index in [1.807, 2.05) is 44.2 Å². The topological polar surface area (TPSA) is 66.5 Å². The number of aryl methyl sites for hydroxylation is 2. The highest BCUT2D eigenvalue weighted by Crippen LogP contribution is 2.26. The summed E-state index contributed by atoms with van der Waals surface area (Å²) in [6.45, 7) is 5.33. The second kappa shape index (κ2) is 9.43. The van der Waals surface area contributed by atoms with Crippen molar-refractivity contribution in [3.63, 3.8) is 0 Å². The van der Waals surface area contributed by atoms with Crippen LogP contribution in [-0.2, 0) is 21.2 Å². The number of amides is 1. The normalized spacial score (nSPS) is 13.6. The number of benzene rings is 2. The Labute approximate surface area is 172 Å². The first-order valence-corrected chi connectivity index (χ1v) is 11.4. The van der Waals surface area contributed by atoms with E-state index in [1.165, 1.54) is 5.56 Å². The van der Waals surface area contributed by atoms with Crippen LogP contribution in [-0.4, -0.2) is 32.7 Å². The molecular formula is C21H27ClN2O3S. The molecule has 0 spiro atoms. The molecule has 0 radical (unpaired) electrons. The van der Waals surface area contributed by atoms with E-state index >= 15 is 0 Å². The second-order valence-electron chi connectivity index (χ2n) is 7.10. The third-order valence-corrected chi connectivity index (χ3v) is 6.24. The molecule has 0 aromatic heterocycles. The number of hydrogen-bond acceptors (Lipinski definition) is 3. The molecule has 0 aliphatic heterocycles. The summed E-state index contributed by atoms with van der Waals surface area (Å²) >= 11 is 6.15. The molecule has 0 saturated heterocycles. The van der Waals surface area contributed by atoms with Crippen LogP contribution in [0.4, 0.5) is 5.69 Å². The standard InChI is InChI=1S/C21H27ClN2O3S/c1-15-10-13-19(14-20(15)22)24(28(4,26)27)17(3)21(25)23-16(2)11-12-18-8-6-5-7-9-18/h5-10,13-14,16-17H,11-12H2,1-4H3,(H,23,25)/t16-,17-/m1/s1. The van der Waals surface area contributed by atoms with Gasteiger partial charge in [-0.2, -0.15) is 0 Å². The Balaban J connectivity index is 2.09. The Morgan fingerprint density at radius 3 is 2.36 bits per heavy atom. The van der Waals surface area contributed by atoms with Gasteiger partial charge in [-0.05, 0) is 56.9 Å². The molecule has 5 nitrogen and oxygen atoms in total. The minimum atomic E-state index is -3.67. The van der Waals surface area contributed by atoms with E-state index in [4.69, 9.17) is 11.6 Å². The smallest absolute Gasteiger partial charge is 0.243 e. The van der Waals surface area contributed by atoms with Crippen LogP contribution in [0.25, 0.3) is 0 Å². The van der Waals surface area contributed by atoms with Gasteiger partial charge in [0.25, 0.3) is 0 Å². The van der Waals surface area contributed by atoms with Crippen LogP contribution >= 0.6 is 11.6 Å². The lowest BCUT2D eigenvalue weighted by molar-refractivity contribution is -0.122. The van der Waals surface area contributed by atoms with Crippen molar-refractivity contribution >= 4 is 33.2 Å². The number of carbonyl (C=O) groups excluding carboxylic acids is 1. The van der Waals surface area contributed by atoms with Gasteiger partial charge in [-0.1, -0.05) is 48.0 Å². The predicted molar refractivity (Wildman–Crippen MR) is 115 cm³/mol. The van der Waals surface area contributed by atoms with Gasteiger partial charge < -0.3 is 5.32 Å². The lowest BCUT2D eigenvalue weighted by Gasteiger charge is -2.29. The monoisotopic (exact) mass is 422 g/mol. The van der Waals surface area contributed by atoms with Crippen molar-refractivity contribution in [2.24, 2.45) is 0 Å². The molecule has 0 fully saturated rings. The summed E-state index contributed by atoms with van der Waals surface area (Å²) in [6, 6.07) is 14.0. The van der Waals surface area contributed by atoms with E-state index in [0.29, 0.717) is 10.7 Å². The molecular weight excluding hydrogens is 396 g/mol. The van der Waals surface area contributed by atoms with Gasteiger partial charge in [0.2, 0.25) is 15.9 Å². The molecule has 28 heavy (non-hydrogen) atoms. The summed E-state index contributed by atoms with van der Waals surface area (Å²) in [7, 11) is -3.67. The van der Waals surface area contributed by atoms with Crippen LogP contribution in [0.1, 0.15) is 31.4 Å². The molecule has 0 saturated carbocycles. The summed E-state index contributed by atoms with van der Waals surface area (Å²) in [4.78, 5) is 12.7. The van der Waals surface area contributed by atoms with Gasteiger partial charge in [-0.25, -0.2) is 8.42 Å². The number of sulfonamides is 1. The summed E-state index contributed by atoms with van der Waals surface area (Å²) in [5, 5.41) is 3.37. The first-order chi connectivity index (χ1) is 13.1. The molecule has 1 amide bonds. The Bertz CT molecular complexity index is 917. The largest absolute Gasteiger partial charge is 0.352 e. The van der Waals surface area contributed by atoms with Crippen LogP contribution in [0.3, 0.4) is 0 Å². The van der Waals surface area contributed by atoms with Gasteiger partial charge in [0.15, 0.2) is 0 Å². The fourth-order valence-corrected chi connectivity index (χ4v) is 4.33. The van der Waals surface area contributed by atoms with Crippen molar-refractivity contribution in [1.29, 1.82) is 0 Å². The SMILES string of the molecule is Cc1ccc(N([C@H](C)C(=O)N[C@H](C)CCc2ccccc2)S(C)(=O)=O)cc1Cl. The van der Waals surface area contributed by atoms with Gasteiger partial charge >= 0.3 is 0 Å². The summed E-state index contributed by atoms with van der Waals surface area (Å²) < 4.78 is 25.9. The van der Waals surface area contributed by atoms with Crippen LogP contribution < -0.4 is 9.62 Å². The Kier molecular flexibility index (Phi) is 7.49. The minimum Gasteiger partial charge on any atom is -0.352 e. The zero-order valence-corrected chi connectivity index (χ0v) is 18.2. The lowest BCUT2D eigenvalue weighted by atomic mass is 10.1. The van der Waals surface area contributed by atoms with Gasteiger partial charge in [-0.3, -0.25) is 9.10 Å². The van der Waals surface area contributed by atoms with Crippen molar-refractivity contribution in [3.8, 4) is 0 Å². The summed E-state index contributed by atoms with van der Waals surface area (Å²) in [5.41, 5.74) is 2.41. The van der Waals surface area contributed by atoms with Gasteiger partial charge in [-0.15, -0.1) is 0 Å². The zero-order chi connectivity index (χ0) is 20.9. The van der Waals surface area contributed by atoms with Gasteiger partial charge in [0.1, 0.15) is 6.04 Å². The molecule has 2 atom stereocenters. The second-order valence-corrected chi connectivity index (χ2v) is 9.37. The molecule has 0 bridgehead atoms. The molecule has 1 N–H and O–H groups in total. The van der Waals surface area contributed by atoms with Crippen LogP contribution in [0, 0.1) is 6.92 Å². The van der Waals surface area contributed by atoms with Crippen molar-refractivity contribution in [2.75, 3.05) is 10.6 Å². The number of rotatable bonds is 8. The molecule has 7 heteroatoms. The fraction of sp³-hybridized carbons (Fsp3) is 0.381. The first-order valence-electron chi connectivity index (χ1n) is 9.19. The van der Waals surface area contributed by atoms with Gasteiger partial charge in [0.05, 0.1) is 11.9 Å². The first kappa shape index (κ1) is 22.2. The quantitative estimate of drug-likeness (QED) is 0.700. The van der Waals surface area contributed by atoms with E-state index in [9.17, 15) is 13.2 Å². The van der Waals surface area contributed by atoms with Crippen LogP contribution in [0.5, 0.6) is 0 Å². The fourth-order valence-electron chi connectivity index (χ4n) is 2.99. The molecule has 0 unspecified atom stereocenters. The molecule has 0 aliphatic rings. The molecule has 2 aromatic rings. The van der Waals surface area contributed by atoms with E-state index in [0.717, 1.165) is 29.0 Å². The maximum atomic E-state index is 12.7. The number of hydrogen-bond donors (Lipinski definition) is 1. The van der Waals surface area contributed by atoms with Crippen LogP contribution in [0.15, 0.2) is 48.5 Å². The number of nitrogens with zero attached hydrogens (tertiary/aromatic N) is 1. The summed E-state index contributed by atoms with van der Waals surface area (Å²) in [5.74, 6) is -0.345. The Morgan fingerprint density at radius 2 is 1.79 bits per heavy atom. The van der Waals surface area contributed by atoms with Gasteiger partial charge in [0, 0.05) is 11.1 Å². The van der Waals surface area contributed by atoms with Crippen molar-refractivity contribution < 1.29 is 13.2 Å². The molecule has 2 rings (SSSR count). The number of nitrogens with one attached hydrogen (secondary N) is 1. The zero-order valence-electron chi connectivity index (χ0n) is 16.6. The highest BCUT2D eigenvalue weighted by Gasteiger charge is 2.30. The molecule has 152 valence electrons. The Hall–Kier alpha value is -2.05. The van der Waals surface area contributed by atoms with E-state index < -0.39 is 16.1 Å². The Morgan fingerprint density at radius 1 is 1.14 bits per heavy atom. The maximum Gasteiger partial charge on any atom is 0.243 e. The lowest BCUT2D eigenvalue weighted by Crippen LogP contribution is -2.50. The third-order valence-electron chi connectivity index (χ3n) is 4.60. The van der Waals surface area contributed by atoms with E-state index in [-0.39, 0.29) is 11.9 Å². The third kappa shape index (κ3) is 5.97. The maximum absolute atomic E-state index is 12.7. The highest BCUT2D eigenvalue weighted by molar-refractivity contribution is 7.92. The van der Waals surface area contributed by atoms with Crippen molar-refractivity contribution in [2.45, 2.75) is 45.7 Å². The van der Waals surface area contributed by atoms with Crippen molar-refractivity contribution in [3.05, 3.63) is 64.7 Å². The number of carbonyl (C=O) groups is 1. The molecule has 0 heterocycles. The van der Waals surface area contributed by atoms with E-state index in [1.54, 1.807) is 25.1 Å². The summed E-state index contributed by atoms with van der Waals surface area (Å²) in [6.07, 6.45) is 2.68. The predicted octanol–water partition coefficient (Wildman–Crippen LogP) is 3.94. The molecule has 0 aliphatic carbocycles. The van der Waals surface area contributed by atoms with Crippen molar-refractivity contribution in [1.82, 2.24) is 5.32 Å². The highest BCUT2D eigenvalue weighted by atomic mass is 35.5.